The number of ether oxygens (including phenoxy) is 2. The lowest BCUT2D eigenvalue weighted by Crippen LogP contribution is -2.55. The molecule has 1 fully saturated rings. The van der Waals surface area contributed by atoms with Gasteiger partial charge in [-0.2, -0.15) is 0 Å². The third-order valence-electron chi connectivity index (χ3n) is 4.21. The molecule has 148 valence electrons. The summed E-state index contributed by atoms with van der Waals surface area (Å²) in [5.74, 6) is 0.307. The zero-order valence-corrected chi connectivity index (χ0v) is 15.8. The summed E-state index contributed by atoms with van der Waals surface area (Å²) in [4.78, 5) is 39.4. The van der Waals surface area contributed by atoms with Gasteiger partial charge >= 0.3 is 6.09 Å². The van der Waals surface area contributed by atoms with Gasteiger partial charge in [-0.3, -0.25) is 9.59 Å². The largest absolute Gasteiger partial charge is 0.493 e. The van der Waals surface area contributed by atoms with E-state index in [1.165, 1.54) is 0 Å². The van der Waals surface area contributed by atoms with E-state index in [2.05, 4.69) is 5.32 Å². The predicted molar refractivity (Wildman–Crippen MR) is 99.3 cm³/mol. The molecule has 1 aliphatic heterocycles. The Morgan fingerprint density at radius 1 is 1.07 bits per heavy atom. The van der Waals surface area contributed by atoms with Crippen molar-refractivity contribution >= 4 is 17.9 Å². The summed E-state index contributed by atoms with van der Waals surface area (Å²) in [6, 6.07) is 8.62. The first-order valence-corrected chi connectivity index (χ1v) is 9.19. The van der Waals surface area contributed by atoms with Crippen LogP contribution in [0.4, 0.5) is 4.79 Å². The Hall–Kier alpha value is -2.77. The van der Waals surface area contributed by atoms with Crippen molar-refractivity contribution < 1.29 is 23.9 Å². The van der Waals surface area contributed by atoms with Crippen molar-refractivity contribution in [3.8, 4) is 5.75 Å². The molecule has 1 heterocycles. The number of hydrogen-bond donors (Lipinski definition) is 1. The maximum atomic E-state index is 12.5. The van der Waals surface area contributed by atoms with E-state index < -0.39 is 6.04 Å². The molecule has 1 atom stereocenters. The number of para-hydroxylation sites is 1. The van der Waals surface area contributed by atoms with Gasteiger partial charge < -0.3 is 24.6 Å². The molecular formula is C19H27N3O5. The summed E-state index contributed by atoms with van der Waals surface area (Å²) in [5.41, 5.74) is 0. The molecule has 0 bridgehead atoms. The highest BCUT2D eigenvalue weighted by atomic mass is 16.6. The lowest BCUT2D eigenvalue weighted by atomic mass is 10.2. The smallest absolute Gasteiger partial charge is 0.409 e. The lowest BCUT2D eigenvalue weighted by Gasteiger charge is -2.35. The fourth-order valence-corrected chi connectivity index (χ4v) is 2.75. The number of carbonyl (C=O) groups is 3. The van der Waals surface area contributed by atoms with Crippen molar-refractivity contribution in [2.24, 2.45) is 0 Å². The quantitative estimate of drug-likeness (QED) is 0.773. The molecule has 1 N–H and O–H groups in total. The van der Waals surface area contributed by atoms with Crippen LogP contribution < -0.4 is 10.1 Å². The van der Waals surface area contributed by atoms with Crippen LogP contribution >= 0.6 is 0 Å². The summed E-state index contributed by atoms with van der Waals surface area (Å²) in [6.45, 7) is 5.70. The van der Waals surface area contributed by atoms with Crippen molar-refractivity contribution in [3.05, 3.63) is 30.3 Å². The van der Waals surface area contributed by atoms with Gasteiger partial charge in [0.2, 0.25) is 11.8 Å². The highest BCUT2D eigenvalue weighted by molar-refractivity contribution is 5.87. The molecule has 27 heavy (non-hydrogen) atoms. The van der Waals surface area contributed by atoms with Gasteiger partial charge in [0.15, 0.2) is 0 Å². The second-order valence-corrected chi connectivity index (χ2v) is 6.21. The summed E-state index contributed by atoms with van der Waals surface area (Å²) < 4.78 is 10.4. The molecule has 1 aromatic rings. The van der Waals surface area contributed by atoms with Crippen molar-refractivity contribution in [3.63, 3.8) is 0 Å². The van der Waals surface area contributed by atoms with Crippen LogP contribution in [0, 0.1) is 0 Å². The Morgan fingerprint density at radius 3 is 2.33 bits per heavy atom. The average Bonchev–Trinajstić information content (AvgIpc) is 2.68. The first-order chi connectivity index (χ1) is 13.0. The fraction of sp³-hybridized carbons (Fsp3) is 0.526. The maximum absolute atomic E-state index is 12.5. The van der Waals surface area contributed by atoms with Crippen LogP contribution in [0.3, 0.4) is 0 Å². The lowest BCUT2D eigenvalue weighted by molar-refractivity contribution is -0.137. The van der Waals surface area contributed by atoms with Crippen LogP contribution in [-0.2, 0) is 14.3 Å². The molecule has 0 aromatic heterocycles. The van der Waals surface area contributed by atoms with E-state index in [1.54, 1.807) is 23.6 Å². The third-order valence-corrected chi connectivity index (χ3v) is 4.21. The van der Waals surface area contributed by atoms with E-state index in [0.29, 0.717) is 38.5 Å². The molecule has 2 rings (SSSR count). The monoisotopic (exact) mass is 377 g/mol. The third kappa shape index (κ3) is 6.47. The SMILES string of the molecule is CCOC(=O)N1CCN(C(=O)[C@@H](C)NC(=O)CCOc2ccccc2)CC1. The van der Waals surface area contributed by atoms with Crippen molar-refractivity contribution in [2.45, 2.75) is 26.3 Å². The molecule has 8 heteroatoms. The average molecular weight is 377 g/mol. The van der Waals surface area contributed by atoms with Crippen LogP contribution in [-0.4, -0.2) is 73.1 Å². The van der Waals surface area contributed by atoms with E-state index in [4.69, 9.17) is 9.47 Å². The van der Waals surface area contributed by atoms with Gasteiger partial charge in [-0.05, 0) is 26.0 Å². The molecule has 1 saturated heterocycles. The molecule has 8 nitrogen and oxygen atoms in total. The standard InChI is InChI=1S/C19H27N3O5/c1-3-26-19(25)22-12-10-21(11-13-22)18(24)15(2)20-17(23)9-14-27-16-7-5-4-6-8-16/h4-8,15H,3,9-14H2,1-2H3,(H,20,23)/t15-/m1/s1. The van der Waals surface area contributed by atoms with E-state index in [1.807, 2.05) is 30.3 Å². The maximum Gasteiger partial charge on any atom is 0.409 e. The van der Waals surface area contributed by atoms with Crippen molar-refractivity contribution in [1.29, 1.82) is 0 Å². The second kappa shape index (κ2) is 10.4. The normalized spacial score (nSPS) is 15.0. The van der Waals surface area contributed by atoms with E-state index in [0.717, 1.165) is 0 Å². The first kappa shape index (κ1) is 20.5. The Labute approximate surface area is 159 Å². The number of rotatable bonds is 7. The molecule has 3 amide bonds. The van der Waals surface area contributed by atoms with Crippen molar-refractivity contribution in [1.82, 2.24) is 15.1 Å². The summed E-state index contributed by atoms with van der Waals surface area (Å²) in [7, 11) is 0. The number of carbonyl (C=O) groups excluding carboxylic acids is 3. The van der Waals surface area contributed by atoms with Crippen LogP contribution in [0.25, 0.3) is 0 Å². The number of nitrogens with zero attached hydrogens (tertiary/aromatic N) is 2. The Balaban J connectivity index is 1.69. The topological polar surface area (TPSA) is 88.2 Å². The van der Waals surface area contributed by atoms with E-state index >= 15 is 0 Å². The fourth-order valence-electron chi connectivity index (χ4n) is 2.75. The minimum absolute atomic E-state index is 0.157. The summed E-state index contributed by atoms with van der Waals surface area (Å²) in [5, 5.41) is 2.70. The number of piperazine rings is 1. The van der Waals surface area contributed by atoms with E-state index in [9.17, 15) is 14.4 Å². The van der Waals surface area contributed by atoms with Gasteiger partial charge in [0.25, 0.3) is 0 Å². The zero-order chi connectivity index (χ0) is 19.6. The zero-order valence-electron chi connectivity index (χ0n) is 15.8. The predicted octanol–water partition coefficient (Wildman–Crippen LogP) is 1.26. The Kier molecular flexibility index (Phi) is 7.91. The Bertz CT molecular complexity index is 629. The second-order valence-electron chi connectivity index (χ2n) is 6.21. The minimum atomic E-state index is -0.622. The molecule has 0 spiro atoms. The van der Waals surface area contributed by atoms with Crippen LogP contribution in [0.5, 0.6) is 5.75 Å². The van der Waals surface area contributed by atoms with Crippen LogP contribution in [0.15, 0.2) is 30.3 Å². The number of nitrogens with one attached hydrogen (secondary N) is 1. The minimum Gasteiger partial charge on any atom is -0.493 e. The van der Waals surface area contributed by atoms with Crippen LogP contribution in [0.2, 0.25) is 0 Å². The molecule has 1 aliphatic rings. The van der Waals surface area contributed by atoms with Gasteiger partial charge in [0.1, 0.15) is 11.8 Å². The highest BCUT2D eigenvalue weighted by Crippen LogP contribution is 2.09. The molecule has 0 aliphatic carbocycles. The highest BCUT2D eigenvalue weighted by Gasteiger charge is 2.28. The molecule has 0 radical (unpaired) electrons. The molecule has 1 aromatic carbocycles. The van der Waals surface area contributed by atoms with E-state index in [-0.39, 0.29) is 30.9 Å². The van der Waals surface area contributed by atoms with Crippen LogP contribution in [0.1, 0.15) is 20.3 Å². The van der Waals surface area contributed by atoms with Gasteiger partial charge in [-0.1, -0.05) is 18.2 Å². The molecule has 0 saturated carbocycles. The Morgan fingerprint density at radius 2 is 1.70 bits per heavy atom. The first-order valence-electron chi connectivity index (χ1n) is 9.19. The number of amides is 3. The van der Waals surface area contributed by atoms with Gasteiger partial charge in [0.05, 0.1) is 19.6 Å². The number of benzene rings is 1. The van der Waals surface area contributed by atoms with Gasteiger partial charge in [-0.25, -0.2) is 4.79 Å². The summed E-state index contributed by atoms with van der Waals surface area (Å²) >= 11 is 0. The molecule has 0 unspecified atom stereocenters. The molecular weight excluding hydrogens is 350 g/mol. The summed E-state index contributed by atoms with van der Waals surface area (Å²) in [6.07, 6.45) is -0.187. The van der Waals surface area contributed by atoms with Gasteiger partial charge in [-0.15, -0.1) is 0 Å². The number of hydrogen-bond acceptors (Lipinski definition) is 5. The van der Waals surface area contributed by atoms with Gasteiger partial charge in [0, 0.05) is 26.2 Å². The van der Waals surface area contributed by atoms with Crippen molar-refractivity contribution in [2.75, 3.05) is 39.4 Å².